The molecule has 1 aliphatic rings. The number of anilines is 1. The quantitative estimate of drug-likeness (QED) is 0.457. The molecule has 0 aromatic heterocycles. The van der Waals surface area contributed by atoms with Gasteiger partial charge in [0.15, 0.2) is 11.5 Å². The van der Waals surface area contributed by atoms with Crippen LogP contribution in [0.4, 0.5) is 11.4 Å². The van der Waals surface area contributed by atoms with Crippen molar-refractivity contribution >= 4 is 27.3 Å². The summed E-state index contributed by atoms with van der Waals surface area (Å²) in [7, 11) is -3.94. The average molecular weight is 478 g/mol. The van der Waals surface area contributed by atoms with Crippen LogP contribution >= 0.6 is 0 Å². The number of aryl methyl sites for hydroxylation is 1. The van der Waals surface area contributed by atoms with Crippen LogP contribution in [0.1, 0.15) is 37.4 Å². The minimum atomic E-state index is -3.94. The number of ether oxygens (including phenoxy) is 2. The van der Waals surface area contributed by atoms with E-state index >= 15 is 0 Å². The number of nitrogens with one attached hydrogen (secondary N) is 1. The number of amides is 1. The predicted octanol–water partition coefficient (Wildman–Crippen LogP) is 3.10. The van der Waals surface area contributed by atoms with Crippen molar-refractivity contribution in [3.8, 4) is 11.5 Å². The largest absolute Gasteiger partial charge is 0.486 e. The first-order valence-electron chi connectivity index (χ1n) is 10.5. The van der Waals surface area contributed by atoms with Crippen molar-refractivity contribution in [2.75, 3.05) is 23.8 Å². The van der Waals surface area contributed by atoms with E-state index < -0.39 is 32.9 Å². The van der Waals surface area contributed by atoms with Crippen LogP contribution in [-0.2, 0) is 14.8 Å². The lowest BCUT2D eigenvalue weighted by molar-refractivity contribution is -0.384. The van der Waals surface area contributed by atoms with Gasteiger partial charge >= 0.3 is 0 Å². The number of benzene rings is 2. The summed E-state index contributed by atoms with van der Waals surface area (Å²) >= 11 is 0. The van der Waals surface area contributed by atoms with E-state index in [1.807, 2.05) is 0 Å². The summed E-state index contributed by atoms with van der Waals surface area (Å²) in [5, 5.41) is 14.1. The Bertz CT molecular complexity index is 1170. The highest BCUT2D eigenvalue weighted by molar-refractivity contribution is 7.92. The fourth-order valence-corrected chi connectivity index (χ4v) is 4.97. The molecule has 2 aromatic carbocycles. The SMILES string of the molecule is CC[C@H](C(=O)N[C@H](C)c1ccc2c(c1)OCCO2)N(c1cc([N+](=O)[O-])ccc1C)S(C)(=O)=O. The molecule has 33 heavy (non-hydrogen) atoms. The number of nitrogens with zero attached hydrogens (tertiary/aromatic N) is 2. The van der Waals surface area contributed by atoms with E-state index in [0.717, 1.165) is 16.1 Å². The van der Waals surface area contributed by atoms with Gasteiger partial charge < -0.3 is 14.8 Å². The molecular weight excluding hydrogens is 450 g/mol. The van der Waals surface area contributed by atoms with Crippen molar-refractivity contribution in [2.24, 2.45) is 0 Å². The molecule has 2 atom stereocenters. The lowest BCUT2D eigenvalue weighted by atomic mass is 10.1. The van der Waals surface area contributed by atoms with Gasteiger partial charge in [-0.2, -0.15) is 0 Å². The number of hydrogen-bond donors (Lipinski definition) is 1. The van der Waals surface area contributed by atoms with E-state index in [1.165, 1.54) is 18.2 Å². The van der Waals surface area contributed by atoms with Gasteiger partial charge in [-0.05, 0) is 43.5 Å². The Hall–Kier alpha value is -3.34. The zero-order valence-corrected chi connectivity index (χ0v) is 19.7. The van der Waals surface area contributed by atoms with Gasteiger partial charge in [0.05, 0.1) is 22.9 Å². The van der Waals surface area contributed by atoms with Crippen molar-refractivity contribution in [3.05, 3.63) is 57.6 Å². The molecule has 1 aliphatic heterocycles. The molecule has 178 valence electrons. The molecule has 10 nitrogen and oxygen atoms in total. The van der Waals surface area contributed by atoms with Crippen LogP contribution in [0.15, 0.2) is 36.4 Å². The highest BCUT2D eigenvalue weighted by atomic mass is 32.2. The van der Waals surface area contributed by atoms with Gasteiger partial charge in [0.2, 0.25) is 15.9 Å². The summed E-state index contributed by atoms with van der Waals surface area (Å²) in [5.41, 5.74) is 1.10. The second kappa shape index (κ2) is 9.65. The third kappa shape index (κ3) is 5.36. The number of nitro benzene ring substituents is 1. The maximum atomic E-state index is 13.2. The number of carbonyl (C=O) groups excluding carboxylic acids is 1. The van der Waals surface area contributed by atoms with Crippen molar-refractivity contribution in [3.63, 3.8) is 0 Å². The Morgan fingerprint density at radius 2 is 1.85 bits per heavy atom. The molecule has 0 spiro atoms. The van der Waals surface area contributed by atoms with E-state index in [0.29, 0.717) is 30.3 Å². The Balaban J connectivity index is 1.91. The normalized spacial score (nSPS) is 14.8. The number of carbonyl (C=O) groups is 1. The Morgan fingerprint density at radius 1 is 1.18 bits per heavy atom. The molecule has 1 N–H and O–H groups in total. The minimum Gasteiger partial charge on any atom is -0.486 e. The van der Waals surface area contributed by atoms with Gasteiger partial charge in [-0.3, -0.25) is 19.2 Å². The number of hydrogen-bond acceptors (Lipinski definition) is 7. The first-order chi connectivity index (χ1) is 15.5. The topological polar surface area (TPSA) is 128 Å². The third-order valence-corrected chi connectivity index (χ3v) is 6.56. The first-order valence-corrected chi connectivity index (χ1v) is 12.3. The summed E-state index contributed by atoms with van der Waals surface area (Å²) < 4.78 is 37.5. The number of rotatable bonds is 8. The number of non-ortho nitro benzene ring substituents is 1. The maximum Gasteiger partial charge on any atom is 0.271 e. The molecule has 1 heterocycles. The fourth-order valence-electron chi connectivity index (χ4n) is 3.71. The molecule has 0 bridgehead atoms. The van der Waals surface area contributed by atoms with Crippen LogP contribution in [0.5, 0.6) is 11.5 Å². The van der Waals surface area contributed by atoms with E-state index in [9.17, 15) is 23.3 Å². The molecule has 11 heteroatoms. The van der Waals surface area contributed by atoms with Crippen molar-refractivity contribution in [2.45, 2.75) is 39.3 Å². The van der Waals surface area contributed by atoms with Crippen molar-refractivity contribution in [1.82, 2.24) is 5.32 Å². The summed E-state index contributed by atoms with van der Waals surface area (Å²) in [6.45, 7) is 6.00. The second-order valence-corrected chi connectivity index (χ2v) is 9.70. The zero-order chi connectivity index (χ0) is 24.3. The lowest BCUT2D eigenvalue weighted by Gasteiger charge is -2.32. The van der Waals surface area contributed by atoms with E-state index in [1.54, 1.807) is 39.0 Å². The third-order valence-electron chi connectivity index (χ3n) is 5.40. The Kier molecular flexibility index (Phi) is 7.11. The standard InChI is InChI=1S/C22H27N3O7S/c1-5-18(24(33(4,29)30)19-13-17(25(27)28)8-6-14(19)2)22(26)23-15(3)16-7-9-20-21(12-16)32-11-10-31-20/h6-9,12-13,15,18H,5,10-11H2,1-4H3,(H,23,26)/t15-,18-/m1/s1. The van der Waals surface area contributed by atoms with Gasteiger partial charge in [-0.25, -0.2) is 8.42 Å². The maximum absolute atomic E-state index is 13.2. The van der Waals surface area contributed by atoms with Crippen LogP contribution in [-0.4, -0.2) is 44.8 Å². The van der Waals surface area contributed by atoms with Gasteiger partial charge in [-0.1, -0.05) is 19.1 Å². The summed E-state index contributed by atoms with van der Waals surface area (Å²) in [5.74, 6) is 0.687. The molecule has 0 fully saturated rings. The molecule has 0 radical (unpaired) electrons. The van der Waals surface area contributed by atoms with Crippen molar-refractivity contribution in [1.29, 1.82) is 0 Å². The Morgan fingerprint density at radius 3 is 2.45 bits per heavy atom. The summed E-state index contributed by atoms with van der Waals surface area (Å²) in [6.07, 6.45) is 1.14. The Labute approximate surface area is 192 Å². The molecule has 3 rings (SSSR count). The highest BCUT2D eigenvalue weighted by Crippen LogP contribution is 2.33. The van der Waals surface area contributed by atoms with Crippen LogP contribution in [0.2, 0.25) is 0 Å². The molecule has 0 aliphatic carbocycles. The van der Waals surface area contributed by atoms with Crippen LogP contribution < -0.4 is 19.1 Å². The number of fused-ring (bicyclic) bond motifs is 1. The zero-order valence-electron chi connectivity index (χ0n) is 18.9. The monoisotopic (exact) mass is 477 g/mol. The van der Waals surface area contributed by atoms with Gasteiger partial charge in [0.1, 0.15) is 19.3 Å². The fraction of sp³-hybridized carbons (Fsp3) is 0.409. The molecule has 0 saturated carbocycles. The molecule has 0 saturated heterocycles. The molecule has 1 amide bonds. The first kappa shape index (κ1) is 24.3. The lowest BCUT2D eigenvalue weighted by Crippen LogP contribution is -2.50. The summed E-state index contributed by atoms with van der Waals surface area (Å²) in [6, 6.07) is 7.74. The predicted molar refractivity (Wildman–Crippen MR) is 123 cm³/mol. The van der Waals surface area contributed by atoms with Crippen LogP contribution in [0, 0.1) is 17.0 Å². The number of nitro groups is 1. The summed E-state index contributed by atoms with van der Waals surface area (Å²) in [4.78, 5) is 23.9. The van der Waals surface area contributed by atoms with E-state index in [4.69, 9.17) is 9.47 Å². The van der Waals surface area contributed by atoms with Gasteiger partial charge in [0.25, 0.3) is 5.69 Å². The van der Waals surface area contributed by atoms with Crippen LogP contribution in [0.25, 0.3) is 0 Å². The molecule has 2 aromatic rings. The number of sulfonamides is 1. The van der Waals surface area contributed by atoms with Gasteiger partial charge in [0, 0.05) is 12.1 Å². The molecule has 0 unspecified atom stereocenters. The van der Waals surface area contributed by atoms with Crippen molar-refractivity contribution < 1.29 is 27.6 Å². The average Bonchev–Trinajstić information content (AvgIpc) is 2.76. The highest BCUT2D eigenvalue weighted by Gasteiger charge is 2.34. The second-order valence-electron chi connectivity index (χ2n) is 7.84. The smallest absolute Gasteiger partial charge is 0.271 e. The van der Waals surface area contributed by atoms with Crippen LogP contribution in [0.3, 0.4) is 0 Å². The van der Waals surface area contributed by atoms with Gasteiger partial charge in [-0.15, -0.1) is 0 Å². The molecular formula is C22H27N3O7S. The minimum absolute atomic E-state index is 0.0979. The van der Waals surface area contributed by atoms with E-state index in [2.05, 4.69) is 5.32 Å². The van der Waals surface area contributed by atoms with E-state index in [-0.39, 0.29) is 17.8 Å².